The van der Waals surface area contributed by atoms with E-state index in [0.29, 0.717) is 5.82 Å². The summed E-state index contributed by atoms with van der Waals surface area (Å²) in [5.74, 6) is 0.458. The zero-order chi connectivity index (χ0) is 19.1. The molecule has 0 spiro atoms. The van der Waals surface area contributed by atoms with Crippen LogP contribution in [0.5, 0.6) is 0 Å². The molecular formula is C23H13Cl2N3. The smallest absolute Gasteiger partial charge is 0.198 e. The molecule has 134 valence electrons. The normalized spacial score (nSPS) is 11.2. The lowest BCUT2D eigenvalue weighted by molar-refractivity contribution is 1.06. The highest BCUT2D eigenvalue weighted by atomic mass is 35.5. The van der Waals surface area contributed by atoms with E-state index in [2.05, 4.69) is 81.7 Å². The second kappa shape index (κ2) is 6.86. The Kier molecular flexibility index (Phi) is 4.19. The molecule has 0 N–H and O–H groups in total. The predicted octanol–water partition coefficient (Wildman–Crippen LogP) is 6.82. The van der Waals surface area contributed by atoms with Gasteiger partial charge < -0.3 is 0 Å². The summed E-state index contributed by atoms with van der Waals surface area (Å²) >= 11 is 11.8. The minimum Gasteiger partial charge on any atom is -0.198 e. The Hall–Kier alpha value is -3.01. The van der Waals surface area contributed by atoms with E-state index in [4.69, 9.17) is 23.2 Å². The Balaban J connectivity index is 1.71. The van der Waals surface area contributed by atoms with E-state index in [1.54, 1.807) is 0 Å². The summed E-state index contributed by atoms with van der Waals surface area (Å²) in [6, 6.07) is 27.3. The second-order valence-corrected chi connectivity index (χ2v) is 7.14. The molecule has 5 aromatic rings. The van der Waals surface area contributed by atoms with Gasteiger partial charge >= 0.3 is 0 Å². The Morgan fingerprint density at radius 2 is 1.04 bits per heavy atom. The third-order valence-electron chi connectivity index (χ3n) is 4.78. The number of nitrogens with zero attached hydrogens (tertiary/aromatic N) is 3. The first-order valence-electron chi connectivity index (χ1n) is 8.77. The minimum absolute atomic E-state index is 0.0825. The number of rotatable bonds is 2. The van der Waals surface area contributed by atoms with Gasteiger partial charge in [0.2, 0.25) is 10.6 Å². The summed E-state index contributed by atoms with van der Waals surface area (Å²) < 4.78 is 0. The van der Waals surface area contributed by atoms with Gasteiger partial charge in [-0.15, -0.1) is 0 Å². The molecule has 5 rings (SSSR count). The lowest BCUT2D eigenvalue weighted by atomic mass is 9.92. The zero-order valence-electron chi connectivity index (χ0n) is 14.6. The molecule has 0 atom stereocenters. The monoisotopic (exact) mass is 401 g/mol. The van der Waals surface area contributed by atoms with Crippen molar-refractivity contribution in [3.63, 3.8) is 0 Å². The summed E-state index contributed by atoms with van der Waals surface area (Å²) in [6.07, 6.45) is 0. The second-order valence-electron chi connectivity index (χ2n) is 6.47. The summed E-state index contributed by atoms with van der Waals surface area (Å²) in [4.78, 5) is 12.1. The van der Waals surface area contributed by atoms with Gasteiger partial charge in [-0.25, -0.2) is 0 Å². The first-order valence-corrected chi connectivity index (χ1v) is 9.53. The van der Waals surface area contributed by atoms with Gasteiger partial charge in [-0.2, -0.15) is 15.0 Å². The third kappa shape index (κ3) is 2.99. The van der Waals surface area contributed by atoms with Gasteiger partial charge in [-0.1, -0.05) is 72.8 Å². The van der Waals surface area contributed by atoms with E-state index in [9.17, 15) is 0 Å². The number of hydrogen-bond donors (Lipinski definition) is 0. The van der Waals surface area contributed by atoms with E-state index >= 15 is 0 Å². The van der Waals surface area contributed by atoms with Crippen LogP contribution >= 0.6 is 23.2 Å². The maximum Gasteiger partial charge on any atom is 0.227 e. The van der Waals surface area contributed by atoms with Crippen molar-refractivity contribution in [1.29, 1.82) is 0 Å². The summed E-state index contributed by atoms with van der Waals surface area (Å²) in [7, 11) is 0. The largest absolute Gasteiger partial charge is 0.227 e. The fraction of sp³-hybridized carbons (Fsp3) is 0. The molecule has 1 heterocycles. The van der Waals surface area contributed by atoms with Crippen LogP contribution in [0.15, 0.2) is 78.9 Å². The maximum atomic E-state index is 5.91. The number of fused-ring (bicyclic) bond motifs is 2. The molecule has 0 saturated carbocycles. The predicted molar refractivity (Wildman–Crippen MR) is 116 cm³/mol. The first-order chi connectivity index (χ1) is 13.7. The SMILES string of the molecule is Clc1nc(Cl)nc(-c2ccc(-c3c4ccccc4cc4ccccc34)cc2)n1. The molecule has 0 aliphatic rings. The molecule has 4 aromatic carbocycles. The molecule has 0 saturated heterocycles. The molecule has 28 heavy (non-hydrogen) atoms. The van der Waals surface area contributed by atoms with Crippen LogP contribution in [0.3, 0.4) is 0 Å². The van der Waals surface area contributed by atoms with Crippen LogP contribution < -0.4 is 0 Å². The van der Waals surface area contributed by atoms with E-state index < -0.39 is 0 Å². The van der Waals surface area contributed by atoms with Crippen LogP contribution in [0.25, 0.3) is 44.1 Å². The van der Waals surface area contributed by atoms with Crippen molar-refractivity contribution in [2.45, 2.75) is 0 Å². The van der Waals surface area contributed by atoms with Crippen molar-refractivity contribution in [3.8, 4) is 22.5 Å². The number of hydrogen-bond acceptors (Lipinski definition) is 3. The topological polar surface area (TPSA) is 38.7 Å². The number of halogens is 2. The molecule has 0 aliphatic heterocycles. The van der Waals surface area contributed by atoms with Gasteiger partial charge in [0.25, 0.3) is 0 Å². The Bertz CT molecular complexity index is 1260. The van der Waals surface area contributed by atoms with Crippen LogP contribution in [-0.2, 0) is 0 Å². The molecule has 0 amide bonds. The van der Waals surface area contributed by atoms with E-state index in [0.717, 1.165) is 11.1 Å². The van der Waals surface area contributed by atoms with Crippen molar-refractivity contribution in [1.82, 2.24) is 15.0 Å². The van der Waals surface area contributed by atoms with Crippen molar-refractivity contribution in [2.24, 2.45) is 0 Å². The van der Waals surface area contributed by atoms with Crippen molar-refractivity contribution in [3.05, 3.63) is 89.4 Å². The zero-order valence-corrected chi connectivity index (χ0v) is 16.1. The van der Waals surface area contributed by atoms with Crippen LogP contribution in [0, 0.1) is 0 Å². The van der Waals surface area contributed by atoms with Gasteiger partial charge in [0, 0.05) is 5.56 Å². The lowest BCUT2D eigenvalue weighted by Crippen LogP contribution is -1.93. The third-order valence-corrected chi connectivity index (χ3v) is 5.12. The van der Waals surface area contributed by atoms with Crippen LogP contribution in [-0.4, -0.2) is 15.0 Å². The van der Waals surface area contributed by atoms with Crippen molar-refractivity contribution in [2.75, 3.05) is 0 Å². The quantitative estimate of drug-likeness (QED) is 0.304. The number of benzene rings is 4. The van der Waals surface area contributed by atoms with E-state index in [1.165, 1.54) is 27.1 Å². The Morgan fingerprint density at radius 3 is 1.61 bits per heavy atom. The van der Waals surface area contributed by atoms with Crippen LogP contribution in [0.4, 0.5) is 0 Å². The molecule has 3 nitrogen and oxygen atoms in total. The standard InChI is InChI=1S/C23H13Cl2N3/c24-22-26-21(27-23(25)28-22)15-11-9-14(10-12-15)20-18-7-3-1-5-16(18)13-17-6-2-4-8-19(17)20/h1-13H. The van der Waals surface area contributed by atoms with Crippen LogP contribution in [0.2, 0.25) is 10.6 Å². The Morgan fingerprint density at radius 1 is 0.536 bits per heavy atom. The summed E-state index contributed by atoms with van der Waals surface area (Å²) in [5, 5.41) is 5.05. The maximum absolute atomic E-state index is 5.91. The average molecular weight is 402 g/mol. The number of aromatic nitrogens is 3. The fourth-order valence-electron chi connectivity index (χ4n) is 3.57. The minimum atomic E-state index is 0.0825. The van der Waals surface area contributed by atoms with E-state index in [-0.39, 0.29) is 10.6 Å². The average Bonchev–Trinajstić information content (AvgIpc) is 2.71. The lowest BCUT2D eigenvalue weighted by Gasteiger charge is -2.12. The van der Waals surface area contributed by atoms with Gasteiger partial charge in [-0.3, -0.25) is 0 Å². The fourth-order valence-corrected chi connectivity index (χ4v) is 3.93. The van der Waals surface area contributed by atoms with Crippen molar-refractivity contribution < 1.29 is 0 Å². The van der Waals surface area contributed by atoms with Gasteiger partial charge in [0.05, 0.1) is 0 Å². The summed E-state index contributed by atoms with van der Waals surface area (Å²) in [5.41, 5.74) is 3.18. The van der Waals surface area contributed by atoms with Crippen molar-refractivity contribution >= 4 is 44.7 Å². The van der Waals surface area contributed by atoms with E-state index in [1.807, 2.05) is 12.1 Å². The molecule has 5 heteroatoms. The molecule has 1 aromatic heterocycles. The molecule has 0 unspecified atom stereocenters. The van der Waals surface area contributed by atoms with Gasteiger partial charge in [0.1, 0.15) is 0 Å². The molecule has 0 radical (unpaired) electrons. The first kappa shape index (κ1) is 17.1. The van der Waals surface area contributed by atoms with Crippen LogP contribution in [0.1, 0.15) is 0 Å². The molecule has 0 bridgehead atoms. The summed E-state index contributed by atoms with van der Waals surface area (Å²) in [6.45, 7) is 0. The highest BCUT2D eigenvalue weighted by Crippen LogP contribution is 2.36. The Labute approximate surface area is 171 Å². The molecule has 0 fully saturated rings. The molecule has 0 aliphatic carbocycles. The van der Waals surface area contributed by atoms with Gasteiger partial charge in [-0.05, 0) is 61.9 Å². The highest BCUT2D eigenvalue weighted by Gasteiger charge is 2.11. The molecular weight excluding hydrogens is 389 g/mol. The highest BCUT2D eigenvalue weighted by molar-refractivity contribution is 6.31. The van der Waals surface area contributed by atoms with Gasteiger partial charge in [0.15, 0.2) is 5.82 Å².